The first-order valence-electron chi connectivity index (χ1n) is 6.10. The predicted octanol–water partition coefficient (Wildman–Crippen LogP) is 2.48. The van der Waals surface area contributed by atoms with Gasteiger partial charge in [-0.2, -0.15) is 0 Å². The standard InChI is InChI=1S/C13H14ClFN2O.ClH/c14-10-7-9(1-2-11(10)15)12(18)17-6-5-16-8-13(17)3-4-13;/h1-2,7,16H,3-6,8H2;1H. The van der Waals surface area contributed by atoms with Crippen LogP contribution in [0.15, 0.2) is 18.2 Å². The molecule has 1 aromatic carbocycles. The summed E-state index contributed by atoms with van der Waals surface area (Å²) in [4.78, 5) is 14.3. The second kappa shape index (κ2) is 5.27. The molecule has 1 heterocycles. The molecule has 1 N–H and O–H groups in total. The normalized spacial score (nSPS) is 20.0. The molecular formula is C13H15Cl2FN2O. The van der Waals surface area contributed by atoms with Gasteiger partial charge >= 0.3 is 0 Å². The van der Waals surface area contributed by atoms with Crippen LogP contribution in [0, 0.1) is 5.82 Å². The highest BCUT2D eigenvalue weighted by molar-refractivity contribution is 6.31. The van der Waals surface area contributed by atoms with Crippen molar-refractivity contribution in [2.24, 2.45) is 0 Å². The Hall–Kier alpha value is -0.840. The van der Waals surface area contributed by atoms with Gasteiger partial charge in [0.05, 0.1) is 10.6 Å². The Labute approximate surface area is 122 Å². The first kappa shape index (κ1) is 14.6. The molecule has 0 unspecified atom stereocenters. The van der Waals surface area contributed by atoms with Crippen molar-refractivity contribution in [1.29, 1.82) is 0 Å². The molecule has 1 amide bonds. The zero-order chi connectivity index (χ0) is 12.8. The molecule has 0 bridgehead atoms. The zero-order valence-electron chi connectivity index (χ0n) is 10.3. The van der Waals surface area contributed by atoms with Crippen LogP contribution in [-0.2, 0) is 0 Å². The van der Waals surface area contributed by atoms with Gasteiger partial charge in [0.25, 0.3) is 5.91 Å². The van der Waals surface area contributed by atoms with Crippen molar-refractivity contribution in [2.75, 3.05) is 19.6 Å². The van der Waals surface area contributed by atoms with E-state index in [0.29, 0.717) is 12.1 Å². The molecule has 19 heavy (non-hydrogen) atoms. The molecule has 1 aliphatic carbocycles. The fourth-order valence-electron chi connectivity index (χ4n) is 2.54. The number of amides is 1. The number of benzene rings is 1. The summed E-state index contributed by atoms with van der Waals surface area (Å²) >= 11 is 5.73. The Morgan fingerprint density at radius 1 is 1.42 bits per heavy atom. The number of piperazine rings is 1. The average Bonchev–Trinajstić information content (AvgIpc) is 3.13. The van der Waals surface area contributed by atoms with Gasteiger partial charge in [0, 0.05) is 25.2 Å². The lowest BCUT2D eigenvalue weighted by atomic mass is 10.1. The number of halogens is 3. The number of hydrogen-bond acceptors (Lipinski definition) is 2. The van der Waals surface area contributed by atoms with E-state index in [1.165, 1.54) is 18.2 Å². The summed E-state index contributed by atoms with van der Waals surface area (Å²) in [5.41, 5.74) is 0.463. The second-order valence-corrected chi connectivity index (χ2v) is 5.39. The summed E-state index contributed by atoms with van der Waals surface area (Å²) in [6, 6.07) is 4.16. The molecule has 0 atom stereocenters. The monoisotopic (exact) mass is 304 g/mol. The van der Waals surface area contributed by atoms with Crippen molar-refractivity contribution < 1.29 is 9.18 Å². The first-order valence-corrected chi connectivity index (χ1v) is 6.48. The molecule has 3 nitrogen and oxygen atoms in total. The van der Waals surface area contributed by atoms with Crippen LogP contribution >= 0.6 is 24.0 Å². The molecule has 6 heteroatoms. The van der Waals surface area contributed by atoms with Gasteiger partial charge in [-0.05, 0) is 31.0 Å². The van der Waals surface area contributed by atoms with Crippen molar-refractivity contribution in [1.82, 2.24) is 10.2 Å². The van der Waals surface area contributed by atoms with E-state index < -0.39 is 5.82 Å². The van der Waals surface area contributed by atoms with Crippen LogP contribution in [0.5, 0.6) is 0 Å². The van der Waals surface area contributed by atoms with Crippen LogP contribution in [0.2, 0.25) is 5.02 Å². The van der Waals surface area contributed by atoms with Gasteiger partial charge in [-0.25, -0.2) is 4.39 Å². The van der Waals surface area contributed by atoms with E-state index in [9.17, 15) is 9.18 Å². The number of carbonyl (C=O) groups excluding carboxylic acids is 1. The largest absolute Gasteiger partial charge is 0.330 e. The molecule has 1 saturated heterocycles. The number of hydrogen-bond donors (Lipinski definition) is 1. The van der Waals surface area contributed by atoms with Gasteiger partial charge in [0.15, 0.2) is 0 Å². The summed E-state index contributed by atoms with van der Waals surface area (Å²) in [7, 11) is 0. The summed E-state index contributed by atoms with van der Waals surface area (Å²) in [5, 5.41) is 3.32. The summed E-state index contributed by atoms with van der Waals surface area (Å²) in [5.74, 6) is -0.537. The fourth-order valence-corrected chi connectivity index (χ4v) is 2.72. The van der Waals surface area contributed by atoms with Gasteiger partial charge in [-0.1, -0.05) is 11.6 Å². The lowest BCUT2D eigenvalue weighted by Crippen LogP contribution is -2.55. The average molecular weight is 305 g/mol. The highest BCUT2D eigenvalue weighted by Gasteiger charge is 2.51. The molecule has 0 radical (unpaired) electrons. The highest BCUT2D eigenvalue weighted by atomic mass is 35.5. The third kappa shape index (κ3) is 2.57. The molecule has 1 aromatic rings. The lowest BCUT2D eigenvalue weighted by molar-refractivity contribution is 0.0600. The molecule has 104 valence electrons. The van der Waals surface area contributed by atoms with Crippen molar-refractivity contribution in [3.8, 4) is 0 Å². The van der Waals surface area contributed by atoms with Gasteiger partial charge < -0.3 is 10.2 Å². The fraction of sp³-hybridized carbons (Fsp3) is 0.462. The van der Waals surface area contributed by atoms with E-state index >= 15 is 0 Å². The van der Waals surface area contributed by atoms with Gasteiger partial charge in [-0.15, -0.1) is 12.4 Å². The van der Waals surface area contributed by atoms with E-state index in [-0.39, 0.29) is 28.9 Å². The maximum atomic E-state index is 13.1. The number of carbonyl (C=O) groups is 1. The van der Waals surface area contributed by atoms with E-state index in [1.54, 1.807) is 0 Å². The quantitative estimate of drug-likeness (QED) is 0.864. The molecule has 1 saturated carbocycles. The molecule has 0 aromatic heterocycles. The Balaban J connectivity index is 0.00000133. The molecule has 2 fully saturated rings. The Morgan fingerprint density at radius 2 is 2.16 bits per heavy atom. The number of nitrogens with zero attached hydrogens (tertiary/aromatic N) is 1. The zero-order valence-corrected chi connectivity index (χ0v) is 11.9. The van der Waals surface area contributed by atoms with E-state index in [0.717, 1.165) is 25.9 Å². The maximum absolute atomic E-state index is 13.1. The number of rotatable bonds is 1. The second-order valence-electron chi connectivity index (χ2n) is 4.99. The molecule has 2 aliphatic rings. The SMILES string of the molecule is Cl.O=C(c1ccc(F)c(Cl)c1)N1CCNCC12CC2. The smallest absolute Gasteiger partial charge is 0.254 e. The Morgan fingerprint density at radius 3 is 2.79 bits per heavy atom. The molecule has 3 rings (SSSR count). The number of nitrogens with one attached hydrogen (secondary N) is 1. The van der Waals surface area contributed by atoms with Crippen molar-refractivity contribution >= 4 is 29.9 Å². The van der Waals surface area contributed by atoms with Crippen molar-refractivity contribution in [2.45, 2.75) is 18.4 Å². The third-order valence-electron chi connectivity index (χ3n) is 3.78. The minimum atomic E-state index is -0.491. The van der Waals surface area contributed by atoms with Gasteiger partial charge in [0.2, 0.25) is 0 Å². The van der Waals surface area contributed by atoms with Crippen LogP contribution in [0.1, 0.15) is 23.2 Å². The highest BCUT2D eigenvalue weighted by Crippen LogP contribution is 2.43. The molecule has 1 aliphatic heterocycles. The topological polar surface area (TPSA) is 32.3 Å². The van der Waals surface area contributed by atoms with E-state index in [2.05, 4.69) is 5.32 Å². The molecule has 1 spiro atoms. The minimum Gasteiger partial charge on any atom is -0.330 e. The Kier molecular flexibility index (Phi) is 4.04. The van der Waals surface area contributed by atoms with Crippen LogP contribution in [0.3, 0.4) is 0 Å². The van der Waals surface area contributed by atoms with Crippen LogP contribution in [0.25, 0.3) is 0 Å². The van der Waals surface area contributed by atoms with Crippen LogP contribution in [0.4, 0.5) is 4.39 Å². The summed E-state index contributed by atoms with van der Waals surface area (Å²) in [6.45, 7) is 2.36. The van der Waals surface area contributed by atoms with Gasteiger partial charge in [0.1, 0.15) is 5.82 Å². The minimum absolute atomic E-state index is 0. The first-order chi connectivity index (χ1) is 8.62. The predicted molar refractivity (Wildman–Crippen MR) is 74.5 cm³/mol. The lowest BCUT2D eigenvalue weighted by Gasteiger charge is -2.36. The van der Waals surface area contributed by atoms with Crippen molar-refractivity contribution in [3.05, 3.63) is 34.6 Å². The summed E-state index contributed by atoms with van der Waals surface area (Å²) in [6.07, 6.45) is 2.08. The third-order valence-corrected chi connectivity index (χ3v) is 4.07. The Bertz CT molecular complexity index is 505. The van der Waals surface area contributed by atoms with Gasteiger partial charge in [-0.3, -0.25) is 4.79 Å². The maximum Gasteiger partial charge on any atom is 0.254 e. The van der Waals surface area contributed by atoms with E-state index in [1.807, 2.05) is 4.90 Å². The van der Waals surface area contributed by atoms with Crippen LogP contribution in [-0.4, -0.2) is 36.0 Å². The molecular weight excluding hydrogens is 290 g/mol. The van der Waals surface area contributed by atoms with E-state index in [4.69, 9.17) is 11.6 Å². The summed E-state index contributed by atoms with van der Waals surface area (Å²) < 4.78 is 13.1. The van der Waals surface area contributed by atoms with Crippen LogP contribution < -0.4 is 5.32 Å². The van der Waals surface area contributed by atoms with Crippen molar-refractivity contribution in [3.63, 3.8) is 0 Å².